The summed E-state index contributed by atoms with van der Waals surface area (Å²) < 4.78 is 34.2. The molecule has 0 aliphatic carbocycles. The lowest BCUT2D eigenvalue weighted by atomic mass is 9.94. The van der Waals surface area contributed by atoms with Crippen LogP contribution < -0.4 is 19.5 Å². The van der Waals surface area contributed by atoms with Crippen LogP contribution in [0.2, 0.25) is 5.02 Å². The van der Waals surface area contributed by atoms with Crippen molar-refractivity contribution in [2.24, 2.45) is 5.14 Å². The molecule has 0 unspecified atom stereocenters. The van der Waals surface area contributed by atoms with Crippen LogP contribution >= 0.6 is 11.6 Å². The van der Waals surface area contributed by atoms with Gasteiger partial charge in [0.25, 0.3) is 11.7 Å². The number of sulfonamides is 1. The van der Waals surface area contributed by atoms with Crippen LogP contribution in [-0.4, -0.2) is 39.4 Å². The molecule has 0 bridgehead atoms. The molecule has 3 aromatic rings. The molecule has 1 aliphatic rings. The number of halogens is 1. The first-order chi connectivity index (χ1) is 17.1. The molecular formula is C25H21ClN2O7S. The standard InChI is InChI=1S/C25H21ClN2O7S/c1-34-17-9-12-19(20(13-17)35-2)22-21(23(29)14-3-5-15(26)6-4-14)24(30)25(31)28(22)16-7-10-18(11-8-16)36(27,32)33/h3-13,22,29H,1-2H3,(H2,27,32,33)/b23-21+/t22-/m1/s1. The minimum absolute atomic E-state index is 0.164. The maximum atomic E-state index is 13.3. The van der Waals surface area contributed by atoms with Crippen LogP contribution in [0.25, 0.3) is 5.76 Å². The number of hydrogen-bond donors (Lipinski definition) is 2. The second kappa shape index (κ2) is 9.65. The summed E-state index contributed by atoms with van der Waals surface area (Å²) in [6.45, 7) is 0. The normalized spacial score (nSPS) is 17.3. The summed E-state index contributed by atoms with van der Waals surface area (Å²) in [5, 5.41) is 16.8. The number of Topliss-reactive ketones (excluding diaryl/α,β-unsaturated/α-hetero) is 1. The fourth-order valence-electron chi connectivity index (χ4n) is 4.00. The van der Waals surface area contributed by atoms with Crippen LogP contribution in [0.5, 0.6) is 11.5 Å². The first-order valence-corrected chi connectivity index (χ1v) is 12.4. The fourth-order valence-corrected chi connectivity index (χ4v) is 4.64. The molecule has 1 fully saturated rings. The van der Waals surface area contributed by atoms with Crippen molar-refractivity contribution >= 4 is 44.8 Å². The average Bonchev–Trinajstić information content (AvgIpc) is 3.13. The zero-order chi connectivity index (χ0) is 26.2. The number of ether oxygens (including phenoxy) is 2. The Morgan fingerprint density at radius 1 is 0.972 bits per heavy atom. The molecule has 0 spiro atoms. The number of carbonyl (C=O) groups is 2. The van der Waals surface area contributed by atoms with Gasteiger partial charge in [0.15, 0.2) is 0 Å². The Labute approximate surface area is 212 Å². The molecule has 1 amide bonds. The molecule has 1 atom stereocenters. The number of anilines is 1. The maximum absolute atomic E-state index is 13.3. The van der Waals surface area contributed by atoms with Crippen LogP contribution in [0.1, 0.15) is 17.2 Å². The number of nitrogens with zero attached hydrogens (tertiary/aromatic N) is 1. The third kappa shape index (κ3) is 4.53. The molecule has 186 valence electrons. The summed E-state index contributed by atoms with van der Waals surface area (Å²) in [6.07, 6.45) is 0. The Kier molecular flexibility index (Phi) is 6.77. The van der Waals surface area contributed by atoms with Gasteiger partial charge in [-0.25, -0.2) is 13.6 Å². The van der Waals surface area contributed by atoms with Crippen molar-refractivity contribution in [3.05, 3.63) is 88.5 Å². The lowest BCUT2D eigenvalue weighted by Gasteiger charge is -2.27. The number of methoxy groups -OCH3 is 2. The molecule has 1 saturated heterocycles. The van der Waals surface area contributed by atoms with Crippen molar-refractivity contribution < 1.29 is 32.6 Å². The minimum Gasteiger partial charge on any atom is -0.507 e. The van der Waals surface area contributed by atoms with Gasteiger partial charge < -0.3 is 14.6 Å². The highest BCUT2D eigenvalue weighted by atomic mass is 35.5. The summed E-state index contributed by atoms with van der Waals surface area (Å²) in [5.41, 5.74) is 0.701. The summed E-state index contributed by atoms with van der Waals surface area (Å²) in [7, 11) is -1.08. The van der Waals surface area contributed by atoms with E-state index in [0.717, 1.165) is 0 Å². The maximum Gasteiger partial charge on any atom is 0.300 e. The Bertz CT molecular complexity index is 1480. The number of aliphatic hydroxyl groups is 1. The van der Waals surface area contributed by atoms with Crippen LogP contribution in [0, 0.1) is 0 Å². The zero-order valence-corrected chi connectivity index (χ0v) is 20.7. The minimum atomic E-state index is -3.98. The van der Waals surface area contributed by atoms with E-state index in [1.165, 1.54) is 55.5 Å². The predicted molar refractivity (Wildman–Crippen MR) is 134 cm³/mol. The number of primary sulfonamides is 1. The van der Waals surface area contributed by atoms with Crippen LogP contribution in [0.4, 0.5) is 5.69 Å². The van der Waals surface area contributed by atoms with E-state index in [-0.39, 0.29) is 21.7 Å². The van der Waals surface area contributed by atoms with E-state index in [2.05, 4.69) is 0 Å². The van der Waals surface area contributed by atoms with E-state index in [1.807, 2.05) is 0 Å². The Hall–Kier alpha value is -3.86. The topological polar surface area (TPSA) is 136 Å². The number of ketones is 1. The number of carbonyl (C=O) groups excluding carboxylic acids is 2. The Morgan fingerprint density at radius 3 is 2.17 bits per heavy atom. The van der Waals surface area contributed by atoms with E-state index in [0.29, 0.717) is 22.1 Å². The molecule has 11 heteroatoms. The van der Waals surface area contributed by atoms with Gasteiger partial charge in [0.05, 0.1) is 30.7 Å². The SMILES string of the molecule is COc1ccc([C@@H]2/C(=C(\O)c3ccc(Cl)cc3)C(=O)C(=O)N2c2ccc(S(N)(=O)=O)cc2)c(OC)c1. The first-order valence-electron chi connectivity index (χ1n) is 10.5. The number of nitrogens with two attached hydrogens (primary N) is 1. The smallest absolute Gasteiger partial charge is 0.300 e. The zero-order valence-electron chi connectivity index (χ0n) is 19.1. The van der Waals surface area contributed by atoms with Gasteiger partial charge in [-0.1, -0.05) is 11.6 Å². The molecule has 0 radical (unpaired) electrons. The van der Waals surface area contributed by atoms with Gasteiger partial charge in [-0.05, 0) is 60.7 Å². The van der Waals surface area contributed by atoms with Gasteiger partial charge in [0.2, 0.25) is 10.0 Å². The summed E-state index contributed by atoms with van der Waals surface area (Å²) in [5.74, 6) is -1.48. The molecule has 1 aliphatic heterocycles. The molecule has 1 heterocycles. The number of rotatable bonds is 6. The third-order valence-electron chi connectivity index (χ3n) is 5.74. The lowest BCUT2D eigenvalue weighted by molar-refractivity contribution is -0.132. The largest absolute Gasteiger partial charge is 0.507 e. The molecule has 3 N–H and O–H groups in total. The van der Waals surface area contributed by atoms with Gasteiger partial charge in [-0.15, -0.1) is 0 Å². The van der Waals surface area contributed by atoms with Gasteiger partial charge in [-0.2, -0.15) is 0 Å². The van der Waals surface area contributed by atoms with Crippen molar-refractivity contribution in [3.63, 3.8) is 0 Å². The van der Waals surface area contributed by atoms with E-state index in [1.54, 1.807) is 30.3 Å². The lowest BCUT2D eigenvalue weighted by Crippen LogP contribution is -2.29. The van der Waals surface area contributed by atoms with Crippen LogP contribution in [-0.2, 0) is 19.6 Å². The molecule has 0 saturated carbocycles. The Balaban J connectivity index is 1.97. The molecule has 4 rings (SSSR count). The summed E-state index contributed by atoms with van der Waals surface area (Å²) in [6, 6.07) is 15.0. The van der Waals surface area contributed by atoms with Gasteiger partial charge in [0.1, 0.15) is 17.3 Å². The monoisotopic (exact) mass is 528 g/mol. The van der Waals surface area contributed by atoms with Crippen LogP contribution in [0.15, 0.2) is 77.2 Å². The first kappa shape index (κ1) is 25.2. The molecule has 3 aromatic carbocycles. The van der Waals surface area contributed by atoms with Gasteiger partial charge in [-0.3, -0.25) is 14.5 Å². The molecule has 36 heavy (non-hydrogen) atoms. The highest BCUT2D eigenvalue weighted by molar-refractivity contribution is 7.89. The second-order valence-corrected chi connectivity index (χ2v) is 9.82. The average molecular weight is 529 g/mol. The number of hydrogen-bond acceptors (Lipinski definition) is 7. The van der Waals surface area contributed by atoms with E-state index in [9.17, 15) is 23.1 Å². The fraction of sp³-hybridized carbons (Fsp3) is 0.120. The summed E-state index contributed by atoms with van der Waals surface area (Å²) in [4.78, 5) is 27.6. The van der Waals surface area contributed by atoms with Crippen molar-refractivity contribution in [3.8, 4) is 11.5 Å². The van der Waals surface area contributed by atoms with Gasteiger partial charge in [0, 0.05) is 27.9 Å². The van der Waals surface area contributed by atoms with Crippen LogP contribution in [0.3, 0.4) is 0 Å². The van der Waals surface area contributed by atoms with E-state index in [4.69, 9.17) is 26.2 Å². The predicted octanol–water partition coefficient (Wildman–Crippen LogP) is 3.63. The highest BCUT2D eigenvalue weighted by Crippen LogP contribution is 2.45. The van der Waals surface area contributed by atoms with Crippen molar-refractivity contribution in [1.82, 2.24) is 0 Å². The van der Waals surface area contributed by atoms with Gasteiger partial charge >= 0.3 is 0 Å². The number of benzene rings is 3. The van der Waals surface area contributed by atoms with Crippen molar-refractivity contribution in [2.75, 3.05) is 19.1 Å². The summed E-state index contributed by atoms with van der Waals surface area (Å²) >= 11 is 5.96. The van der Waals surface area contributed by atoms with E-state index >= 15 is 0 Å². The molecule has 0 aromatic heterocycles. The number of aliphatic hydroxyl groups excluding tert-OH is 1. The third-order valence-corrected chi connectivity index (χ3v) is 6.92. The van der Waals surface area contributed by atoms with Crippen molar-refractivity contribution in [1.29, 1.82) is 0 Å². The second-order valence-electron chi connectivity index (χ2n) is 7.82. The quantitative estimate of drug-likeness (QED) is 0.283. The van der Waals surface area contributed by atoms with Crippen molar-refractivity contribution in [2.45, 2.75) is 10.9 Å². The molecular weight excluding hydrogens is 508 g/mol. The highest BCUT2D eigenvalue weighted by Gasteiger charge is 2.48. The number of amides is 1. The van der Waals surface area contributed by atoms with E-state index < -0.39 is 33.5 Å². The molecule has 9 nitrogen and oxygen atoms in total. The Morgan fingerprint density at radius 2 is 1.61 bits per heavy atom.